The fourth-order valence-electron chi connectivity index (χ4n) is 3.46. The number of nitrogens with one attached hydrogen (secondary N) is 3. The molecule has 0 fully saturated rings. The van der Waals surface area contributed by atoms with Gasteiger partial charge in [0, 0.05) is 24.8 Å². The first-order valence-corrected chi connectivity index (χ1v) is 9.88. The Balaban J connectivity index is 1.41. The molecule has 2 amide bonds. The number of benzene rings is 2. The van der Waals surface area contributed by atoms with Crippen molar-refractivity contribution in [3.63, 3.8) is 0 Å². The van der Waals surface area contributed by atoms with E-state index in [1.165, 1.54) is 12.1 Å². The number of aryl methyl sites for hydroxylation is 1. The summed E-state index contributed by atoms with van der Waals surface area (Å²) in [6, 6.07) is 12.9. The molecule has 3 aromatic rings. The van der Waals surface area contributed by atoms with Gasteiger partial charge in [0.05, 0.1) is 17.7 Å². The van der Waals surface area contributed by atoms with E-state index in [0.717, 1.165) is 23.1 Å². The molecule has 0 aliphatic carbocycles. The van der Waals surface area contributed by atoms with Gasteiger partial charge >= 0.3 is 0 Å². The zero-order chi connectivity index (χ0) is 22.7. The summed E-state index contributed by atoms with van der Waals surface area (Å²) < 4.78 is 13.4. The van der Waals surface area contributed by atoms with Gasteiger partial charge in [0.25, 0.3) is 11.8 Å². The lowest BCUT2D eigenvalue weighted by Gasteiger charge is -2.13. The number of hydrogen-bond acceptors (Lipinski definition) is 6. The molecular weight excluding hydrogens is 411 g/mol. The Morgan fingerprint density at radius 2 is 1.94 bits per heavy atom. The van der Waals surface area contributed by atoms with Crippen LogP contribution in [0.25, 0.3) is 0 Å². The predicted octanol–water partition coefficient (Wildman–Crippen LogP) is 2.62. The second kappa shape index (κ2) is 8.81. The summed E-state index contributed by atoms with van der Waals surface area (Å²) in [7, 11) is 0. The SMILES string of the molecule is Cc1cc(CNC(=O)c2cc(C(=O)NC3CNc4cc(C#N)ccc43)ncn2)ccc1F. The van der Waals surface area contributed by atoms with Crippen molar-refractivity contribution in [3.8, 4) is 6.07 Å². The smallest absolute Gasteiger partial charge is 0.270 e. The van der Waals surface area contributed by atoms with Crippen LogP contribution in [-0.2, 0) is 6.54 Å². The van der Waals surface area contributed by atoms with E-state index >= 15 is 0 Å². The van der Waals surface area contributed by atoms with Crippen LogP contribution in [-0.4, -0.2) is 28.3 Å². The molecule has 1 unspecified atom stereocenters. The molecule has 2 aromatic carbocycles. The Labute approximate surface area is 183 Å². The van der Waals surface area contributed by atoms with Gasteiger partial charge < -0.3 is 16.0 Å². The number of nitrogens with zero attached hydrogens (tertiary/aromatic N) is 3. The molecule has 0 radical (unpaired) electrons. The summed E-state index contributed by atoms with van der Waals surface area (Å²) in [6.45, 7) is 2.32. The summed E-state index contributed by atoms with van der Waals surface area (Å²) in [5, 5.41) is 17.8. The van der Waals surface area contributed by atoms with Crippen molar-refractivity contribution >= 4 is 17.5 Å². The molecule has 32 heavy (non-hydrogen) atoms. The van der Waals surface area contributed by atoms with Gasteiger partial charge in [-0.15, -0.1) is 0 Å². The van der Waals surface area contributed by atoms with E-state index in [4.69, 9.17) is 5.26 Å². The number of rotatable bonds is 5. The predicted molar refractivity (Wildman–Crippen MR) is 114 cm³/mol. The molecule has 1 aliphatic heterocycles. The van der Waals surface area contributed by atoms with Crippen LogP contribution in [0, 0.1) is 24.1 Å². The molecule has 9 heteroatoms. The zero-order valence-corrected chi connectivity index (χ0v) is 17.1. The van der Waals surface area contributed by atoms with Gasteiger partial charge in [-0.05, 0) is 41.8 Å². The maximum Gasteiger partial charge on any atom is 0.270 e. The van der Waals surface area contributed by atoms with Gasteiger partial charge in [-0.1, -0.05) is 18.2 Å². The van der Waals surface area contributed by atoms with E-state index in [2.05, 4.69) is 32.0 Å². The van der Waals surface area contributed by atoms with Gasteiger partial charge in [-0.3, -0.25) is 9.59 Å². The fourth-order valence-corrected chi connectivity index (χ4v) is 3.46. The number of amides is 2. The minimum absolute atomic E-state index is 0.0487. The summed E-state index contributed by atoms with van der Waals surface area (Å²) in [6.07, 6.45) is 1.16. The van der Waals surface area contributed by atoms with E-state index < -0.39 is 11.8 Å². The van der Waals surface area contributed by atoms with Crippen molar-refractivity contribution in [2.24, 2.45) is 0 Å². The molecule has 0 bridgehead atoms. The van der Waals surface area contributed by atoms with Gasteiger partial charge in [-0.2, -0.15) is 5.26 Å². The Morgan fingerprint density at radius 3 is 2.69 bits per heavy atom. The molecule has 0 saturated heterocycles. The lowest BCUT2D eigenvalue weighted by Crippen LogP contribution is -2.31. The van der Waals surface area contributed by atoms with Crippen LogP contribution >= 0.6 is 0 Å². The van der Waals surface area contributed by atoms with Crippen LogP contribution in [0.15, 0.2) is 48.8 Å². The van der Waals surface area contributed by atoms with Crippen LogP contribution in [0.5, 0.6) is 0 Å². The lowest BCUT2D eigenvalue weighted by molar-refractivity contribution is 0.0934. The average Bonchev–Trinajstić information content (AvgIpc) is 3.21. The van der Waals surface area contributed by atoms with Gasteiger partial charge in [0.2, 0.25) is 0 Å². The fraction of sp³-hybridized carbons (Fsp3) is 0.174. The number of anilines is 1. The molecule has 0 saturated carbocycles. The molecule has 8 nitrogen and oxygen atoms in total. The number of carbonyl (C=O) groups is 2. The van der Waals surface area contributed by atoms with E-state index in [-0.39, 0.29) is 29.8 Å². The topological polar surface area (TPSA) is 120 Å². The highest BCUT2D eigenvalue weighted by Gasteiger charge is 2.25. The van der Waals surface area contributed by atoms with Crippen molar-refractivity contribution in [1.29, 1.82) is 5.26 Å². The van der Waals surface area contributed by atoms with E-state index in [1.807, 2.05) is 0 Å². The third-order valence-electron chi connectivity index (χ3n) is 5.17. The lowest BCUT2D eigenvalue weighted by atomic mass is 10.1. The minimum Gasteiger partial charge on any atom is -0.382 e. The molecule has 3 N–H and O–H groups in total. The summed E-state index contributed by atoms with van der Waals surface area (Å²) in [4.78, 5) is 33.1. The van der Waals surface area contributed by atoms with E-state index in [1.54, 1.807) is 37.3 Å². The second-order valence-corrected chi connectivity index (χ2v) is 7.38. The largest absolute Gasteiger partial charge is 0.382 e. The Morgan fingerprint density at radius 1 is 1.16 bits per heavy atom. The number of nitriles is 1. The standard InChI is InChI=1S/C23H19FN6O2/c1-13-6-15(3-5-17(13)24)10-27-22(31)19-8-20(29-12-28-19)23(32)30-21-11-26-18-7-14(9-25)2-4-16(18)21/h2-8,12,21,26H,10-11H2,1H3,(H,27,31)(H,30,32). The Hall–Kier alpha value is -4.32. The normalized spacial score (nSPS) is 14.1. The Bertz CT molecular complexity index is 1250. The highest BCUT2D eigenvalue weighted by Crippen LogP contribution is 2.30. The van der Waals surface area contributed by atoms with E-state index in [0.29, 0.717) is 17.7 Å². The van der Waals surface area contributed by atoms with Crippen LogP contribution < -0.4 is 16.0 Å². The molecule has 0 spiro atoms. The first-order valence-electron chi connectivity index (χ1n) is 9.88. The monoisotopic (exact) mass is 430 g/mol. The maximum absolute atomic E-state index is 13.4. The van der Waals surface area contributed by atoms with Crippen LogP contribution in [0.2, 0.25) is 0 Å². The molecule has 1 aliphatic rings. The van der Waals surface area contributed by atoms with E-state index in [9.17, 15) is 14.0 Å². The van der Waals surface area contributed by atoms with Gasteiger partial charge in [0.1, 0.15) is 23.5 Å². The summed E-state index contributed by atoms with van der Waals surface area (Å²) in [5.41, 5.74) is 3.55. The van der Waals surface area contributed by atoms with Crippen LogP contribution in [0.4, 0.5) is 10.1 Å². The van der Waals surface area contributed by atoms with Crippen LogP contribution in [0.1, 0.15) is 49.3 Å². The highest BCUT2D eigenvalue weighted by atomic mass is 19.1. The summed E-state index contributed by atoms with van der Waals surface area (Å²) in [5.74, 6) is -1.22. The van der Waals surface area contributed by atoms with Crippen molar-refractivity contribution < 1.29 is 14.0 Å². The van der Waals surface area contributed by atoms with Crippen molar-refractivity contribution in [3.05, 3.63) is 88.3 Å². The number of aromatic nitrogens is 2. The number of hydrogen-bond donors (Lipinski definition) is 3. The molecule has 1 aromatic heterocycles. The van der Waals surface area contributed by atoms with Gasteiger partial charge in [-0.25, -0.2) is 14.4 Å². The average molecular weight is 430 g/mol. The minimum atomic E-state index is -0.472. The maximum atomic E-state index is 13.4. The van der Waals surface area contributed by atoms with Crippen molar-refractivity contribution in [2.75, 3.05) is 11.9 Å². The number of fused-ring (bicyclic) bond motifs is 1. The van der Waals surface area contributed by atoms with Crippen molar-refractivity contribution in [1.82, 2.24) is 20.6 Å². The molecule has 160 valence electrons. The zero-order valence-electron chi connectivity index (χ0n) is 17.1. The molecule has 2 heterocycles. The Kier molecular flexibility index (Phi) is 5.77. The molecule has 1 atom stereocenters. The number of halogens is 1. The van der Waals surface area contributed by atoms with Crippen molar-refractivity contribution in [2.45, 2.75) is 19.5 Å². The first kappa shape index (κ1) is 20.9. The molecular formula is C23H19FN6O2. The third kappa shape index (κ3) is 4.39. The third-order valence-corrected chi connectivity index (χ3v) is 5.17. The highest BCUT2D eigenvalue weighted by molar-refractivity contribution is 5.97. The van der Waals surface area contributed by atoms with Crippen LogP contribution in [0.3, 0.4) is 0 Å². The first-order chi connectivity index (χ1) is 15.4. The summed E-state index contributed by atoms with van der Waals surface area (Å²) >= 11 is 0. The molecule has 4 rings (SSSR count). The number of carbonyl (C=O) groups excluding carboxylic acids is 2. The van der Waals surface area contributed by atoms with Gasteiger partial charge in [0.15, 0.2) is 0 Å². The second-order valence-electron chi connectivity index (χ2n) is 7.38. The quantitative estimate of drug-likeness (QED) is 0.572.